The summed E-state index contributed by atoms with van der Waals surface area (Å²) in [6.07, 6.45) is 0.702. The number of hydrogen-bond donors (Lipinski definition) is 2. The second-order valence-corrected chi connectivity index (χ2v) is 4.54. The average Bonchev–Trinajstić information content (AvgIpc) is 2.82. The third kappa shape index (κ3) is 3.15. The number of nitrogens with zero attached hydrogens (tertiary/aromatic N) is 1. The van der Waals surface area contributed by atoms with Crippen LogP contribution >= 0.6 is 0 Å². The minimum atomic E-state index is -0.580. The molecule has 8 heteroatoms. The van der Waals surface area contributed by atoms with E-state index >= 15 is 0 Å². The summed E-state index contributed by atoms with van der Waals surface area (Å²) in [7, 11) is 0. The minimum absolute atomic E-state index is 0.00851. The number of nitro groups is 1. The van der Waals surface area contributed by atoms with E-state index in [2.05, 4.69) is 5.32 Å². The maximum Gasteiger partial charge on any atom is 0.296 e. The SMILES string of the molecule is CC(N)CCC(=O)Nc1cc2c(cc1[N+](=O)[O-])OCO2. The highest BCUT2D eigenvalue weighted by atomic mass is 16.7. The summed E-state index contributed by atoms with van der Waals surface area (Å²) < 4.78 is 10.2. The number of nitro benzene ring substituents is 1. The first-order valence-corrected chi connectivity index (χ1v) is 6.11. The molecule has 2 rings (SSSR count). The maximum atomic E-state index is 11.7. The van der Waals surface area contributed by atoms with E-state index in [9.17, 15) is 14.9 Å². The van der Waals surface area contributed by atoms with Crippen molar-refractivity contribution in [2.24, 2.45) is 5.73 Å². The Morgan fingerprint density at radius 1 is 1.50 bits per heavy atom. The molecule has 0 spiro atoms. The molecule has 0 saturated heterocycles. The highest BCUT2D eigenvalue weighted by Gasteiger charge is 2.24. The van der Waals surface area contributed by atoms with Gasteiger partial charge in [0.2, 0.25) is 12.7 Å². The average molecular weight is 281 g/mol. The molecule has 1 aromatic rings. The lowest BCUT2D eigenvalue weighted by Crippen LogP contribution is -2.19. The van der Waals surface area contributed by atoms with Crippen LogP contribution in [-0.2, 0) is 4.79 Å². The zero-order valence-electron chi connectivity index (χ0n) is 10.9. The Balaban J connectivity index is 2.18. The van der Waals surface area contributed by atoms with Gasteiger partial charge in [0, 0.05) is 18.5 Å². The molecule has 20 heavy (non-hydrogen) atoms. The fourth-order valence-corrected chi connectivity index (χ4v) is 1.75. The van der Waals surface area contributed by atoms with Crippen LogP contribution in [0.4, 0.5) is 11.4 Å². The fraction of sp³-hybridized carbons (Fsp3) is 0.417. The smallest absolute Gasteiger partial charge is 0.296 e. The zero-order chi connectivity index (χ0) is 14.7. The lowest BCUT2D eigenvalue weighted by Gasteiger charge is -2.08. The lowest BCUT2D eigenvalue weighted by atomic mass is 10.2. The Kier molecular flexibility index (Phi) is 4.04. The highest BCUT2D eigenvalue weighted by molar-refractivity contribution is 5.93. The molecule has 8 nitrogen and oxygen atoms in total. The predicted octanol–water partition coefficient (Wildman–Crippen LogP) is 1.39. The molecule has 1 atom stereocenters. The van der Waals surface area contributed by atoms with E-state index in [0.717, 1.165) is 0 Å². The molecular formula is C12H15N3O5. The second-order valence-electron chi connectivity index (χ2n) is 4.54. The van der Waals surface area contributed by atoms with E-state index in [1.54, 1.807) is 6.92 Å². The van der Waals surface area contributed by atoms with E-state index in [1.807, 2.05) is 0 Å². The summed E-state index contributed by atoms with van der Waals surface area (Å²) in [5.41, 5.74) is 5.42. The van der Waals surface area contributed by atoms with Gasteiger partial charge in [0.05, 0.1) is 11.0 Å². The first-order valence-electron chi connectivity index (χ1n) is 6.11. The molecule has 0 aromatic heterocycles. The number of nitrogens with one attached hydrogen (secondary N) is 1. The van der Waals surface area contributed by atoms with Crippen molar-refractivity contribution in [1.29, 1.82) is 0 Å². The number of rotatable bonds is 5. The van der Waals surface area contributed by atoms with Crippen molar-refractivity contribution in [2.75, 3.05) is 12.1 Å². The zero-order valence-corrected chi connectivity index (χ0v) is 10.9. The molecule has 1 aliphatic heterocycles. The summed E-state index contributed by atoms with van der Waals surface area (Å²) in [6.45, 7) is 1.80. The van der Waals surface area contributed by atoms with Crippen LogP contribution in [-0.4, -0.2) is 23.7 Å². The number of anilines is 1. The van der Waals surface area contributed by atoms with Crippen molar-refractivity contribution in [3.63, 3.8) is 0 Å². The van der Waals surface area contributed by atoms with Crippen LogP contribution in [0.1, 0.15) is 19.8 Å². The normalized spacial score (nSPS) is 13.9. The highest BCUT2D eigenvalue weighted by Crippen LogP contribution is 2.40. The molecule has 0 bridgehead atoms. The van der Waals surface area contributed by atoms with Gasteiger partial charge in [0.15, 0.2) is 11.5 Å². The lowest BCUT2D eigenvalue weighted by molar-refractivity contribution is -0.384. The molecule has 1 unspecified atom stereocenters. The number of hydrogen-bond acceptors (Lipinski definition) is 6. The van der Waals surface area contributed by atoms with Crippen LogP contribution in [0.3, 0.4) is 0 Å². The van der Waals surface area contributed by atoms with Gasteiger partial charge >= 0.3 is 0 Å². The number of amides is 1. The molecule has 1 amide bonds. The third-order valence-corrected chi connectivity index (χ3v) is 2.79. The number of carbonyl (C=O) groups is 1. The Labute approximate surface area is 115 Å². The molecule has 0 aliphatic carbocycles. The first kappa shape index (κ1) is 14.1. The summed E-state index contributed by atoms with van der Waals surface area (Å²) in [5, 5.41) is 13.5. The Morgan fingerprint density at radius 2 is 2.15 bits per heavy atom. The van der Waals surface area contributed by atoms with E-state index in [4.69, 9.17) is 15.2 Å². The molecule has 0 saturated carbocycles. The van der Waals surface area contributed by atoms with Gasteiger partial charge in [-0.05, 0) is 13.3 Å². The van der Waals surface area contributed by atoms with Crippen molar-refractivity contribution in [3.05, 3.63) is 22.2 Å². The van der Waals surface area contributed by atoms with Gasteiger partial charge in [-0.1, -0.05) is 0 Å². The second kappa shape index (κ2) is 5.74. The quantitative estimate of drug-likeness (QED) is 0.622. The number of benzene rings is 1. The molecule has 0 radical (unpaired) electrons. The van der Waals surface area contributed by atoms with E-state index < -0.39 is 4.92 Å². The van der Waals surface area contributed by atoms with Crippen LogP contribution in [0.2, 0.25) is 0 Å². The maximum absolute atomic E-state index is 11.7. The molecule has 1 aromatic carbocycles. The molecule has 1 aliphatic rings. The standard InChI is InChI=1S/C12H15N3O5/c1-7(13)2-3-12(16)14-8-4-10-11(20-6-19-10)5-9(8)15(17)18/h4-5,7H,2-3,6,13H2,1H3,(H,14,16). The minimum Gasteiger partial charge on any atom is -0.454 e. The van der Waals surface area contributed by atoms with Gasteiger partial charge in [-0.2, -0.15) is 0 Å². The number of nitrogens with two attached hydrogens (primary N) is 1. The van der Waals surface area contributed by atoms with Gasteiger partial charge in [-0.15, -0.1) is 0 Å². The van der Waals surface area contributed by atoms with Gasteiger partial charge in [0.25, 0.3) is 5.69 Å². The van der Waals surface area contributed by atoms with Gasteiger partial charge in [-0.25, -0.2) is 0 Å². The summed E-state index contributed by atoms with van der Waals surface area (Å²) in [5.74, 6) is 0.340. The van der Waals surface area contributed by atoms with Crippen LogP contribution in [0.5, 0.6) is 11.5 Å². The number of carbonyl (C=O) groups excluding carboxylic acids is 1. The molecule has 0 fully saturated rings. The van der Waals surface area contributed by atoms with Crippen molar-refractivity contribution < 1.29 is 19.2 Å². The summed E-state index contributed by atoms with van der Waals surface area (Å²) in [4.78, 5) is 22.2. The van der Waals surface area contributed by atoms with Crippen LogP contribution in [0.25, 0.3) is 0 Å². The Morgan fingerprint density at radius 3 is 2.75 bits per heavy atom. The first-order chi connectivity index (χ1) is 9.47. The number of fused-ring (bicyclic) bond motifs is 1. The molecule has 108 valence electrons. The van der Waals surface area contributed by atoms with Crippen LogP contribution < -0.4 is 20.5 Å². The Hall–Kier alpha value is -2.35. The fourth-order valence-electron chi connectivity index (χ4n) is 1.75. The van der Waals surface area contributed by atoms with Crippen molar-refractivity contribution in [3.8, 4) is 11.5 Å². The third-order valence-electron chi connectivity index (χ3n) is 2.79. The van der Waals surface area contributed by atoms with Crippen molar-refractivity contribution >= 4 is 17.3 Å². The van der Waals surface area contributed by atoms with E-state index in [-0.39, 0.29) is 36.5 Å². The monoisotopic (exact) mass is 281 g/mol. The Bertz CT molecular complexity index is 544. The van der Waals surface area contributed by atoms with Gasteiger partial charge in [-0.3, -0.25) is 14.9 Å². The van der Waals surface area contributed by atoms with Crippen molar-refractivity contribution in [2.45, 2.75) is 25.8 Å². The molecule has 3 N–H and O–H groups in total. The predicted molar refractivity (Wildman–Crippen MR) is 70.7 cm³/mol. The van der Waals surface area contributed by atoms with E-state index in [1.165, 1.54) is 12.1 Å². The van der Waals surface area contributed by atoms with Gasteiger partial charge < -0.3 is 20.5 Å². The molecular weight excluding hydrogens is 266 g/mol. The molecule has 1 heterocycles. The summed E-state index contributed by atoms with van der Waals surface area (Å²) >= 11 is 0. The van der Waals surface area contributed by atoms with Crippen LogP contribution in [0.15, 0.2) is 12.1 Å². The van der Waals surface area contributed by atoms with Crippen LogP contribution in [0, 0.1) is 10.1 Å². The largest absolute Gasteiger partial charge is 0.454 e. The van der Waals surface area contributed by atoms with Gasteiger partial charge in [0.1, 0.15) is 5.69 Å². The van der Waals surface area contributed by atoms with E-state index in [0.29, 0.717) is 17.9 Å². The topological polar surface area (TPSA) is 117 Å². The van der Waals surface area contributed by atoms with Crippen molar-refractivity contribution in [1.82, 2.24) is 0 Å². The number of ether oxygens (including phenoxy) is 2. The summed E-state index contributed by atoms with van der Waals surface area (Å²) in [6, 6.07) is 2.53.